The quantitative estimate of drug-likeness (QED) is 0.574. The Hall–Kier alpha value is -3.43. The molecule has 162 valence electrons. The summed E-state index contributed by atoms with van der Waals surface area (Å²) in [6, 6.07) is 12.3. The maximum Gasteiger partial charge on any atom is 0.422 e. The van der Waals surface area contributed by atoms with Crippen LogP contribution >= 0.6 is 0 Å². The summed E-state index contributed by atoms with van der Waals surface area (Å²) in [4.78, 5) is 23.7. The lowest BCUT2D eigenvalue weighted by Crippen LogP contribution is -2.33. The fraction of sp³-hybridized carbons (Fsp3) is 0.300. The van der Waals surface area contributed by atoms with Crippen molar-refractivity contribution in [1.29, 1.82) is 0 Å². The number of amides is 3. The van der Waals surface area contributed by atoms with E-state index in [1.165, 1.54) is 12.1 Å². The number of hydrogen-bond acceptors (Lipinski definition) is 4. The highest BCUT2D eigenvalue weighted by atomic mass is 19.4. The Morgan fingerprint density at radius 3 is 2.17 bits per heavy atom. The SMILES string of the molecule is COc1ccc(NC(=O)NCCC(=O)NCc2ccc(OCC(F)(F)F)cc2)cc1. The van der Waals surface area contributed by atoms with E-state index in [4.69, 9.17) is 4.74 Å². The second kappa shape index (κ2) is 10.9. The van der Waals surface area contributed by atoms with Gasteiger partial charge in [0.15, 0.2) is 6.61 Å². The molecule has 0 aliphatic rings. The zero-order valence-corrected chi connectivity index (χ0v) is 16.2. The van der Waals surface area contributed by atoms with Crippen LogP contribution in [-0.4, -0.2) is 38.4 Å². The first kappa shape index (κ1) is 22.9. The largest absolute Gasteiger partial charge is 0.497 e. The Labute approximate surface area is 171 Å². The number of ether oxygens (including phenoxy) is 2. The number of benzene rings is 2. The molecule has 0 saturated carbocycles. The number of hydrogen-bond donors (Lipinski definition) is 3. The lowest BCUT2D eigenvalue weighted by molar-refractivity contribution is -0.153. The summed E-state index contributed by atoms with van der Waals surface area (Å²) < 4.78 is 46.0. The molecule has 3 amide bonds. The van der Waals surface area contributed by atoms with Crippen molar-refractivity contribution in [3.8, 4) is 11.5 Å². The molecular formula is C20H22F3N3O4. The van der Waals surface area contributed by atoms with Gasteiger partial charge in [0.05, 0.1) is 7.11 Å². The molecule has 10 heteroatoms. The fourth-order valence-corrected chi connectivity index (χ4v) is 2.30. The van der Waals surface area contributed by atoms with Crippen molar-refractivity contribution in [1.82, 2.24) is 10.6 Å². The number of carbonyl (C=O) groups is 2. The molecule has 3 N–H and O–H groups in total. The second-order valence-corrected chi connectivity index (χ2v) is 6.18. The van der Waals surface area contributed by atoms with Crippen LogP contribution in [0, 0.1) is 0 Å². The normalized spacial score (nSPS) is 10.8. The van der Waals surface area contributed by atoms with Crippen molar-refractivity contribution in [3.05, 3.63) is 54.1 Å². The summed E-state index contributed by atoms with van der Waals surface area (Å²) in [7, 11) is 1.54. The average molecular weight is 425 g/mol. The van der Waals surface area contributed by atoms with Crippen LogP contribution in [0.5, 0.6) is 11.5 Å². The van der Waals surface area contributed by atoms with E-state index in [1.54, 1.807) is 43.5 Å². The van der Waals surface area contributed by atoms with Crippen LogP contribution in [0.25, 0.3) is 0 Å². The molecule has 0 saturated heterocycles. The highest BCUT2D eigenvalue weighted by Gasteiger charge is 2.28. The van der Waals surface area contributed by atoms with Gasteiger partial charge in [-0.05, 0) is 42.0 Å². The maximum absolute atomic E-state index is 12.1. The van der Waals surface area contributed by atoms with Crippen LogP contribution in [0.1, 0.15) is 12.0 Å². The fourth-order valence-electron chi connectivity index (χ4n) is 2.30. The molecule has 2 aromatic rings. The summed E-state index contributed by atoms with van der Waals surface area (Å²) in [5.41, 5.74) is 1.29. The number of anilines is 1. The molecule has 0 radical (unpaired) electrons. The predicted molar refractivity (Wildman–Crippen MR) is 104 cm³/mol. The summed E-state index contributed by atoms with van der Waals surface area (Å²) in [6.45, 7) is -1.02. The first-order valence-electron chi connectivity index (χ1n) is 8.99. The molecule has 0 bridgehead atoms. The Kier molecular flexibility index (Phi) is 8.33. The third kappa shape index (κ3) is 8.72. The molecule has 0 spiro atoms. The molecule has 0 aliphatic carbocycles. The van der Waals surface area contributed by atoms with Gasteiger partial charge in [0.1, 0.15) is 11.5 Å². The van der Waals surface area contributed by atoms with Gasteiger partial charge in [-0.3, -0.25) is 4.79 Å². The van der Waals surface area contributed by atoms with E-state index in [0.717, 1.165) is 0 Å². The minimum atomic E-state index is -4.40. The van der Waals surface area contributed by atoms with Gasteiger partial charge in [-0.2, -0.15) is 13.2 Å². The average Bonchev–Trinajstić information content (AvgIpc) is 2.71. The Morgan fingerprint density at radius 1 is 0.933 bits per heavy atom. The molecule has 0 aromatic heterocycles. The second-order valence-electron chi connectivity index (χ2n) is 6.18. The minimum absolute atomic E-state index is 0.0722. The molecule has 30 heavy (non-hydrogen) atoms. The van der Waals surface area contributed by atoms with E-state index in [2.05, 4.69) is 20.7 Å². The van der Waals surface area contributed by atoms with Gasteiger partial charge in [-0.25, -0.2) is 4.79 Å². The van der Waals surface area contributed by atoms with Crippen LogP contribution in [0.4, 0.5) is 23.7 Å². The van der Waals surface area contributed by atoms with Crippen molar-refractivity contribution < 1.29 is 32.2 Å². The number of carbonyl (C=O) groups excluding carboxylic acids is 2. The van der Waals surface area contributed by atoms with Crippen molar-refractivity contribution >= 4 is 17.6 Å². The first-order valence-corrected chi connectivity index (χ1v) is 8.99. The van der Waals surface area contributed by atoms with Crippen molar-refractivity contribution in [2.45, 2.75) is 19.1 Å². The Morgan fingerprint density at radius 2 is 1.57 bits per heavy atom. The topological polar surface area (TPSA) is 88.7 Å². The van der Waals surface area contributed by atoms with Crippen molar-refractivity contribution in [3.63, 3.8) is 0 Å². The number of alkyl halides is 3. The van der Waals surface area contributed by atoms with E-state index in [0.29, 0.717) is 17.0 Å². The predicted octanol–water partition coefficient (Wildman–Crippen LogP) is 3.46. The third-order valence-corrected chi connectivity index (χ3v) is 3.80. The van der Waals surface area contributed by atoms with E-state index < -0.39 is 18.8 Å². The van der Waals surface area contributed by atoms with E-state index >= 15 is 0 Å². The van der Waals surface area contributed by atoms with Crippen molar-refractivity contribution in [2.75, 3.05) is 25.6 Å². The number of halogens is 3. The monoisotopic (exact) mass is 425 g/mol. The summed E-state index contributed by atoms with van der Waals surface area (Å²) in [5, 5.41) is 7.87. The van der Waals surface area contributed by atoms with Crippen LogP contribution in [0.2, 0.25) is 0 Å². The highest BCUT2D eigenvalue weighted by Crippen LogP contribution is 2.19. The molecule has 0 aliphatic heterocycles. The highest BCUT2D eigenvalue weighted by molar-refractivity contribution is 5.89. The Balaban J connectivity index is 1.64. The lowest BCUT2D eigenvalue weighted by atomic mass is 10.2. The van der Waals surface area contributed by atoms with E-state index in [9.17, 15) is 22.8 Å². The molecule has 0 fully saturated rings. The maximum atomic E-state index is 12.1. The summed E-state index contributed by atoms with van der Waals surface area (Å²) >= 11 is 0. The summed E-state index contributed by atoms with van der Waals surface area (Å²) in [5.74, 6) is 0.479. The minimum Gasteiger partial charge on any atom is -0.497 e. The zero-order chi connectivity index (χ0) is 22.0. The zero-order valence-electron chi connectivity index (χ0n) is 16.2. The molecule has 0 atom stereocenters. The van der Waals surface area contributed by atoms with Crippen LogP contribution in [-0.2, 0) is 11.3 Å². The van der Waals surface area contributed by atoms with Crippen LogP contribution < -0.4 is 25.4 Å². The van der Waals surface area contributed by atoms with E-state index in [-0.39, 0.29) is 31.2 Å². The third-order valence-electron chi connectivity index (χ3n) is 3.80. The number of rotatable bonds is 9. The smallest absolute Gasteiger partial charge is 0.422 e. The number of urea groups is 1. The molecule has 0 unspecified atom stereocenters. The van der Waals surface area contributed by atoms with E-state index in [1.807, 2.05) is 0 Å². The van der Waals surface area contributed by atoms with Gasteiger partial charge in [0.2, 0.25) is 5.91 Å². The van der Waals surface area contributed by atoms with Gasteiger partial charge in [-0.15, -0.1) is 0 Å². The molecule has 7 nitrogen and oxygen atoms in total. The molecule has 2 rings (SSSR count). The number of nitrogens with one attached hydrogen (secondary N) is 3. The van der Waals surface area contributed by atoms with Gasteiger partial charge >= 0.3 is 12.2 Å². The number of methoxy groups -OCH3 is 1. The summed E-state index contributed by atoms with van der Waals surface area (Å²) in [6.07, 6.45) is -4.32. The molecule has 2 aromatic carbocycles. The molecule has 0 heterocycles. The van der Waals surface area contributed by atoms with Gasteiger partial charge in [0, 0.05) is 25.2 Å². The first-order chi connectivity index (χ1) is 14.2. The van der Waals surface area contributed by atoms with Crippen LogP contribution in [0.15, 0.2) is 48.5 Å². The lowest BCUT2D eigenvalue weighted by Gasteiger charge is -2.10. The van der Waals surface area contributed by atoms with Crippen LogP contribution in [0.3, 0.4) is 0 Å². The van der Waals surface area contributed by atoms with Gasteiger partial charge in [0.25, 0.3) is 0 Å². The van der Waals surface area contributed by atoms with Gasteiger partial charge < -0.3 is 25.4 Å². The Bertz CT molecular complexity index is 825. The van der Waals surface area contributed by atoms with Crippen molar-refractivity contribution in [2.24, 2.45) is 0 Å². The molecular weight excluding hydrogens is 403 g/mol. The van der Waals surface area contributed by atoms with Gasteiger partial charge in [-0.1, -0.05) is 12.1 Å². The standard InChI is InChI=1S/C20H22F3N3O4/c1-29-16-8-4-15(5-9-16)26-19(28)24-11-10-18(27)25-12-14-2-6-17(7-3-14)30-13-20(21,22)23/h2-9H,10-13H2,1H3,(H,25,27)(H2,24,26,28).